The SMILES string of the molecule is CCOC(=O)C1(c2ccc(-c3ccc(-c4onc(C)c4NC(=O)OC(C)c4ccc(C)cc4)cc3)cc2)CC1. The molecule has 0 saturated heterocycles. The summed E-state index contributed by atoms with van der Waals surface area (Å²) in [7, 11) is 0. The van der Waals surface area contributed by atoms with Crippen LogP contribution in [-0.2, 0) is 19.7 Å². The molecule has 1 aliphatic carbocycles. The number of nitrogens with one attached hydrogen (secondary N) is 1. The quantitative estimate of drug-likeness (QED) is 0.240. The predicted molar refractivity (Wildman–Crippen MR) is 149 cm³/mol. The fourth-order valence-corrected chi connectivity index (χ4v) is 4.71. The fourth-order valence-electron chi connectivity index (χ4n) is 4.71. The van der Waals surface area contributed by atoms with Gasteiger partial charge in [0.25, 0.3) is 0 Å². The lowest BCUT2D eigenvalue weighted by molar-refractivity contribution is -0.146. The molecule has 3 aromatic carbocycles. The molecule has 1 atom stereocenters. The standard InChI is InChI=1S/C32H32N2O5/c1-5-37-30(35)32(18-19-32)27-16-14-25(15-17-27)24-10-12-26(13-11-24)29-28(21(3)34-39-29)33-31(36)38-22(4)23-8-6-20(2)7-9-23/h6-17,22H,5,18-19H2,1-4H3,(H,33,36). The van der Waals surface area contributed by atoms with Crippen molar-refractivity contribution in [1.82, 2.24) is 5.16 Å². The summed E-state index contributed by atoms with van der Waals surface area (Å²) in [5.74, 6) is 0.321. The summed E-state index contributed by atoms with van der Waals surface area (Å²) >= 11 is 0. The summed E-state index contributed by atoms with van der Waals surface area (Å²) in [6.45, 7) is 7.83. The van der Waals surface area contributed by atoms with E-state index in [0.29, 0.717) is 23.7 Å². The van der Waals surface area contributed by atoms with Crippen LogP contribution in [0.3, 0.4) is 0 Å². The number of anilines is 1. The summed E-state index contributed by atoms with van der Waals surface area (Å²) < 4.78 is 16.4. The molecule has 1 N–H and O–H groups in total. The predicted octanol–water partition coefficient (Wildman–Crippen LogP) is 7.53. The maximum Gasteiger partial charge on any atom is 0.412 e. The molecule has 4 aromatic rings. The summed E-state index contributed by atoms with van der Waals surface area (Å²) in [6, 6.07) is 23.8. The Kier molecular flexibility index (Phi) is 7.24. The first-order chi connectivity index (χ1) is 18.8. The van der Waals surface area contributed by atoms with Gasteiger partial charge in [-0.15, -0.1) is 0 Å². The number of ether oxygens (including phenoxy) is 2. The summed E-state index contributed by atoms with van der Waals surface area (Å²) in [6.07, 6.45) is 0.659. The largest absolute Gasteiger partial charge is 0.465 e. The maximum atomic E-state index is 12.7. The molecule has 0 spiro atoms. The van der Waals surface area contributed by atoms with Crippen molar-refractivity contribution in [3.8, 4) is 22.5 Å². The second-order valence-corrected chi connectivity index (χ2v) is 10.0. The van der Waals surface area contributed by atoms with Crippen molar-refractivity contribution in [1.29, 1.82) is 0 Å². The molecular weight excluding hydrogens is 492 g/mol. The molecule has 7 nitrogen and oxygen atoms in total. The van der Waals surface area contributed by atoms with Crippen LogP contribution in [0.15, 0.2) is 77.3 Å². The van der Waals surface area contributed by atoms with E-state index in [4.69, 9.17) is 14.0 Å². The van der Waals surface area contributed by atoms with Crippen LogP contribution >= 0.6 is 0 Å². The van der Waals surface area contributed by atoms with Crippen LogP contribution in [0.1, 0.15) is 55.2 Å². The molecule has 1 saturated carbocycles. The van der Waals surface area contributed by atoms with Crippen LogP contribution < -0.4 is 5.32 Å². The molecule has 5 rings (SSSR count). The van der Waals surface area contributed by atoms with E-state index >= 15 is 0 Å². The van der Waals surface area contributed by atoms with E-state index in [9.17, 15) is 9.59 Å². The van der Waals surface area contributed by atoms with Gasteiger partial charge in [-0.25, -0.2) is 4.79 Å². The van der Waals surface area contributed by atoms with Gasteiger partial charge in [0.1, 0.15) is 17.5 Å². The lowest BCUT2D eigenvalue weighted by Gasteiger charge is -2.15. The van der Waals surface area contributed by atoms with Crippen LogP contribution in [0.5, 0.6) is 0 Å². The van der Waals surface area contributed by atoms with Gasteiger partial charge in [0, 0.05) is 5.56 Å². The number of aryl methyl sites for hydroxylation is 2. The highest BCUT2D eigenvalue weighted by atomic mass is 16.6. The van der Waals surface area contributed by atoms with Crippen molar-refractivity contribution >= 4 is 17.7 Å². The Labute approximate surface area is 228 Å². The smallest absolute Gasteiger partial charge is 0.412 e. The molecule has 0 radical (unpaired) electrons. The lowest BCUT2D eigenvalue weighted by Crippen LogP contribution is -2.23. The Morgan fingerprint density at radius 1 is 0.923 bits per heavy atom. The first-order valence-corrected chi connectivity index (χ1v) is 13.2. The number of aromatic nitrogens is 1. The van der Waals surface area contributed by atoms with Crippen molar-refractivity contribution in [2.75, 3.05) is 11.9 Å². The molecule has 1 unspecified atom stereocenters. The summed E-state index contributed by atoms with van der Waals surface area (Å²) in [4.78, 5) is 25.1. The van der Waals surface area contributed by atoms with E-state index in [1.54, 1.807) is 6.92 Å². The van der Waals surface area contributed by atoms with Gasteiger partial charge in [0.15, 0.2) is 5.76 Å². The first kappa shape index (κ1) is 26.2. The minimum atomic E-state index is -0.580. The first-order valence-electron chi connectivity index (χ1n) is 13.2. The van der Waals surface area contributed by atoms with Crippen LogP contribution in [-0.4, -0.2) is 23.8 Å². The van der Waals surface area contributed by atoms with Gasteiger partial charge in [-0.05, 0) is 62.8 Å². The molecule has 1 fully saturated rings. The zero-order chi connectivity index (χ0) is 27.6. The van der Waals surface area contributed by atoms with Gasteiger partial charge < -0.3 is 14.0 Å². The maximum absolute atomic E-state index is 12.7. The summed E-state index contributed by atoms with van der Waals surface area (Å²) in [5, 5.41) is 6.86. The van der Waals surface area contributed by atoms with Crippen LogP contribution in [0.4, 0.5) is 10.5 Å². The number of benzene rings is 3. The van der Waals surface area contributed by atoms with Gasteiger partial charge in [0.05, 0.1) is 12.0 Å². The third-order valence-corrected chi connectivity index (χ3v) is 7.25. The van der Waals surface area contributed by atoms with Crippen molar-refractivity contribution < 1.29 is 23.6 Å². The number of rotatable bonds is 8. The average molecular weight is 525 g/mol. The van der Waals surface area contributed by atoms with Gasteiger partial charge in [-0.3, -0.25) is 10.1 Å². The zero-order valence-electron chi connectivity index (χ0n) is 22.6. The molecular formula is C32H32N2O5. The van der Waals surface area contributed by atoms with E-state index in [-0.39, 0.29) is 5.97 Å². The second kappa shape index (κ2) is 10.8. The van der Waals surface area contributed by atoms with Gasteiger partial charge in [0.2, 0.25) is 0 Å². The van der Waals surface area contributed by atoms with E-state index < -0.39 is 17.6 Å². The number of hydrogen-bond acceptors (Lipinski definition) is 6. The van der Waals surface area contributed by atoms with E-state index in [1.165, 1.54) is 0 Å². The Hall–Kier alpha value is -4.39. The highest BCUT2D eigenvalue weighted by Gasteiger charge is 2.52. The Morgan fingerprint density at radius 3 is 2.10 bits per heavy atom. The van der Waals surface area contributed by atoms with Crippen molar-refractivity contribution in [2.24, 2.45) is 0 Å². The lowest BCUT2D eigenvalue weighted by atomic mass is 9.93. The van der Waals surface area contributed by atoms with E-state index in [2.05, 4.69) is 10.5 Å². The van der Waals surface area contributed by atoms with E-state index in [1.807, 2.05) is 93.6 Å². The topological polar surface area (TPSA) is 90.7 Å². The number of amides is 1. The normalized spacial score (nSPS) is 14.4. The number of hydrogen-bond donors (Lipinski definition) is 1. The monoisotopic (exact) mass is 524 g/mol. The van der Waals surface area contributed by atoms with Crippen LogP contribution in [0.25, 0.3) is 22.5 Å². The summed E-state index contributed by atoms with van der Waals surface area (Å²) in [5.41, 5.74) is 6.43. The fraction of sp³-hybridized carbons (Fsp3) is 0.281. The molecule has 1 amide bonds. The molecule has 39 heavy (non-hydrogen) atoms. The number of carbonyl (C=O) groups is 2. The van der Waals surface area contributed by atoms with Crippen molar-refractivity contribution in [3.63, 3.8) is 0 Å². The Morgan fingerprint density at radius 2 is 1.51 bits per heavy atom. The molecule has 7 heteroatoms. The average Bonchev–Trinajstić information content (AvgIpc) is 3.68. The van der Waals surface area contributed by atoms with Gasteiger partial charge >= 0.3 is 12.1 Å². The molecule has 0 aliphatic heterocycles. The molecule has 1 aliphatic rings. The number of esters is 1. The number of nitrogens with zero attached hydrogens (tertiary/aromatic N) is 1. The van der Waals surface area contributed by atoms with Crippen molar-refractivity contribution in [3.05, 3.63) is 95.2 Å². The second-order valence-electron chi connectivity index (χ2n) is 10.0. The van der Waals surface area contributed by atoms with Gasteiger partial charge in [-0.1, -0.05) is 83.5 Å². The van der Waals surface area contributed by atoms with Crippen LogP contribution in [0.2, 0.25) is 0 Å². The van der Waals surface area contributed by atoms with Crippen molar-refractivity contribution in [2.45, 2.75) is 52.1 Å². The number of carbonyl (C=O) groups excluding carboxylic acids is 2. The molecule has 200 valence electrons. The minimum absolute atomic E-state index is 0.137. The third-order valence-electron chi connectivity index (χ3n) is 7.25. The van der Waals surface area contributed by atoms with Gasteiger partial charge in [-0.2, -0.15) is 0 Å². The molecule has 1 aromatic heterocycles. The molecule has 0 bridgehead atoms. The van der Waals surface area contributed by atoms with E-state index in [0.717, 1.165) is 46.2 Å². The molecule has 1 heterocycles. The third kappa shape index (κ3) is 5.43. The Balaban J connectivity index is 1.28. The minimum Gasteiger partial charge on any atom is -0.465 e. The van der Waals surface area contributed by atoms with Crippen LogP contribution in [0, 0.1) is 13.8 Å². The Bertz CT molecular complexity index is 1470. The highest BCUT2D eigenvalue weighted by Crippen LogP contribution is 2.49. The zero-order valence-corrected chi connectivity index (χ0v) is 22.6. The highest BCUT2D eigenvalue weighted by molar-refractivity contribution is 5.91.